The summed E-state index contributed by atoms with van der Waals surface area (Å²) in [5.41, 5.74) is 11.5. The topological polar surface area (TPSA) is 82.9 Å². The number of unbranched alkanes of at least 4 members (excludes halogenated alkanes) is 3. The zero-order valence-electron chi connectivity index (χ0n) is 22.4. The van der Waals surface area contributed by atoms with Crippen LogP contribution in [-0.2, 0) is 22.4 Å². The lowest BCUT2D eigenvalue weighted by atomic mass is 10.1. The number of hydrazone groups is 2. The molecule has 2 aromatic rings. The van der Waals surface area contributed by atoms with Crippen molar-refractivity contribution in [2.75, 3.05) is 0 Å². The van der Waals surface area contributed by atoms with Crippen molar-refractivity contribution in [2.24, 2.45) is 10.2 Å². The van der Waals surface area contributed by atoms with Gasteiger partial charge in [-0.15, -0.1) is 0 Å². The molecule has 2 aromatic carbocycles. The van der Waals surface area contributed by atoms with Gasteiger partial charge in [0.25, 0.3) is 0 Å². The van der Waals surface area contributed by atoms with Gasteiger partial charge in [-0.25, -0.2) is 10.9 Å². The number of hydrogen-bond donors (Lipinski definition) is 2. The zero-order valence-corrected chi connectivity index (χ0v) is 22.4. The minimum atomic E-state index is -0.0813. The number of nitrogens with one attached hydrogen (secondary N) is 2. The standard InChI is InChI=1S/C30H42N4O2/c1-5-11-25-15-19-27(20-16-25)23(3)31-33-29(35)13-9-7-8-10-14-30(36)34-32-24(4)28-21-17-26(12-6-2)18-22-28/h15-22H,5-14H2,1-4H3,(H,33,35)(H,34,36)/b31-23+,32-24+. The van der Waals surface area contributed by atoms with Crippen molar-refractivity contribution in [3.05, 3.63) is 70.8 Å². The Labute approximate surface area is 216 Å². The van der Waals surface area contributed by atoms with E-state index in [1.807, 2.05) is 38.1 Å². The lowest BCUT2D eigenvalue weighted by Crippen LogP contribution is -2.19. The van der Waals surface area contributed by atoms with Crippen LogP contribution in [0.15, 0.2) is 58.7 Å². The lowest BCUT2D eigenvalue weighted by Gasteiger charge is -2.05. The van der Waals surface area contributed by atoms with E-state index in [0.29, 0.717) is 12.8 Å². The maximum atomic E-state index is 12.1. The third-order valence-electron chi connectivity index (χ3n) is 6.08. The number of rotatable bonds is 15. The van der Waals surface area contributed by atoms with Gasteiger partial charge in [-0.05, 0) is 61.8 Å². The van der Waals surface area contributed by atoms with E-state index in [2.05, 4.69) is 59.2 Å². The van der Waals surface area contributed by atoms with Crippen molar-refractivity contribution < 1.29 is 9.59 Å². The number of nitrogens with zero attached hydrogens (tertiary/aromatic N) is 2. The van der Waals surface area contributed by atoms with Gasteiger partial charge in [-0.1, -0.05) is 88.1 Å². The van der Waals surface area contributed by atoms with E-state index in [1.54, 1.807) is 0 Å². The maximum Gasteiger partial charge on any atom is 0.240 e. The van der Waals surface area contributed by atoms with E-state index in [4.69, 9.17) is 0 Å². The molecule has 0 radical (unpaired) electrons. The summed E-state index contributed by atoms with van der Waals surface area (Å²) < 4.78 is 0. The SMILES string of the molecule is CCCc1ccc(/C(C)=N/NC(=O)CCCCCCC(=O)N/N=C(\C)c2ccc(CCC)cc2)cc1. The highest BCUT2D eigenvalue weighted by atomic mass is 16.2. The van der Waals surface area contributed by atoms with Crippen LogP contribution in [0.25, 0.3) is 0 Å². The molecule has 6 nitrogen and oxygen atoms in total. The third kappa shape index (κ3) is 11.0. The fourth-order valence-corrected chi connectivity index (χ4v) is 3.86. The Hall–Kier alpha value is -3.28. The Morgan fingerprint density at radius 2 is 0.972 bits per heavy atom. The van der Waals surface area contributed by atoms with E-state index >= 15 is 0 Å². The van der Waals surface area contributed by atoms with Gasteiger partial charge >= 0.3 is 0 Å². The quantitative estimate of drug-likeness (QED) is 0.174. The largest absolute Gasteiger partial charge is 0.273 e. The summed E-state index contributed by atoms with van der Waals surface area (Å²) in [5.74, 6) is -0.163. The molecule has 0 saturated heterocycles. The van der Waals surface area contributed by atoms with Crippen LogP contribution >= 0.6 is 0 Å². The average Bonchev–Trinajstić information content (AvgIpc) is 2.89. The molecule has 0 aliphatic rings. The molecule has 0 saturated carbocycles. The summed E-state index contributed by atoms with van der Waals surface area (Å²) in [6.07, 6.45) is 8.59. The smallest absolute Gasteiger partial charge is 0.240 e. The fraction of sp³-hybridized carbons (Fsp3) is 0.467. The van der Waals surface area contributed by atoms with Crippen LogP contribution in [0.4, 0.5) is 0 Å². The van der Waals surface area contributed by atoms with Gasteiger partial charge in [-0.2, -0.15) is 10.2 Å². The highest BCUT2D eigenvalue weighted by Crippen LogP contribution is 2.10. The summed E-state index contributed by atoms with van der Waals surface area (Å²) in [6, 6.07) is 16.6. The van der Waals surface area contributed by atoms with Crippen molar-refractivity contribution in [2.45, 2.75) is 91.9 Å². The van der Waals surface area contributed by atoms with Crippen molar-refractivity contribution in [1.29, 1.82) is 0 Å². The second-order valence-electron chi connectivity index (χ2n) is 9.27. The molecule has 0 atom stereocenters. The van der Waals surface area contributed by atoms with Crippen LogP contribution in [-0.4, -0.2) is 23.2 Å². The zero-order chi connectivity index (χ0) is 26.2. The summed E-state index contributed by atoms with van der Waals surface area (Å²) in [4.78, 5) is 24.2. The first-order valence-electron chi connectivity index (χ1n) is 13.3. The lowest BCUT2D eigenvalue weighted by molar-refractivity contribution is -0.122. The van der Waals surface area contributed by atoms with Crippen molar-refractivity contribution in [1.82, 2.24) is 10.9 Å². The Balaban J connectivity index is 1.59. The molecule has 0 spiro atoms. The monoisotopic (exact) mass is 490 g/mol. The van der Waals surface area contributed by atoms with E-state index in [1.165, 1.54) is 11.1 Å². The Morgan fingerprint density at radius 3 is 1.31 bits per heavy atom. The molecule has 0 fully saturated rings. The molecule has 0 aliphatic carbocycles. The number of hydrogen-bond acceptors (Lipinski definition) is 4. The van der Waals surface area contributed by atoms with Crippen LogP contribution in [0.5, 0.6) is 0 Å². The number of aryl methyl sites for hydroxylation is 2. The van der Waals surface area contributed by atoms with Crippen LogP contribution < -0.4 is 10.9 Å². The summed E-state index contributed by atoms with van der Waals surface area (Å²) >= 11 is 0. The molecule has 0 aromatic heterocycles. The van der Waals surface area contributed by atoms with Crippen LogP contribution in [0.1, 0.15) is 101 Å². The maximum absolute atomic E-state index is 12.1. The van der Waals surface area contributed by atoms with Crippen molar-refractivity contribution >= 4 is 23.2 Å². The Kier molecular flexibility index (Phi) is 13.2. The molecular weight excluding hydrogens is 448 g/mol. The molecule has 2 rings (SSSR count). The minimum absolute atomic E-state index is 0.0813. The summed E-state index contributed by atoms with van der Waals surface area (Å²) in [7, 11) is 0. The molecule has 2 N–H and O–H groups in total. The first-order valence-corrected chi connectivity index (χ1v) is 13.3. The van der Waals surface area contributed by atoms with E-state index in [9.17, 15) is 9.59 Å². The van der Waals surface area contributed by atoms with Gasteiger partial charge in [0.2, 0.25) is 11.8 Å². The van der Waals surface area contributed by atoms with Crippen LogP contribution in [0.2, 0.25) is 0 Å². The summed E-state index contributed by atoms with van der Waals surface area (Å²) in [5, 5.41) is 8.46. The Bertz CT molecular complexity index is 925. The first-order chi connectivity index (χ1) is 17.4. The molecule has 0 aliphatic heterocycles. The normalized spacial score (nSPS) is 11.9. The van der Waals surface area contributed by atoms with Gasteiger partial charge < -0.3 is 0 Å². The molecular formula is C30H42N4O2. The highest BCUT2D eigenvalue weighted by Gasteiger charge is 2.05. The van der Waals surface area contributed by atoms with Crippen LogP contribution in [0, 0.1) is 0 Å². The van der Waals surface area contributed by atoms with Crippen molar-refractivity contribution in [3.8, 4) is 0 Å². The van der Waals surface area contributed by atoms with Gasteiger partial charge in [0, 0.05) is 12.8 Å². The molecule has 0 bridgehead atoms. The predicted octanol–water partition coefficient (Wildman–Crippen LogP) is 6.31. The molecule has 0 heterocycles. The predicted molar refractivity (Wildman–Crippen MR) is 149 cm³/mol. The summed E-state index contributed by atoms with van der Waals surface area (Å²) in [6.45, 7) is 8.13. The van der Waals surface area contributed by atoms with Gasteiger partial charge in [-0.3, -0.25) is 9.59 Å². The fourth-order valence-electron chi connectivity index (χ4n) is 3.86. The third-order valence-corrected chi connectivity index (χ3v) is 6.08. The van der Waals surface area contributed by atoms with Crippen molar-refractivity contribution in [3.63, 3.8) is 0 Å². The molecule has 36 heavy (non-hydrogen) atoms. The second-order valence-corrected chi connectivity index (χ2v) is 9.27. The van der Waals surface area contributed by atoms with Gasteiger partial charge in [0.05, 0.1) is 11.4 Å². The number of carbonyl (C=O) groups is 2. The van der Waals surface area contributed by atoms with E-state index < -0.39 is 0 Å². The molecule has 0 unspecified atom stereocenters. The number of benzene rings is 2. The average molecular weight is 491 g/mol. The van der Waals surface area contributed by atoms with E-state index in [0.717, 1.165) is 73.9 Å². The number of amides is 2. The van der Waals surface area contributed by atoms with Gasteiger partial charge in [0.15, 0.2) is 0 Å². The van der Waals surface area contributed by atoms with Gasteiger partial charge in [0.1, 0.15) is 0 Å². The Morgan fingerprint density at radius 1 is 0.611 bits per heavy atom. The highest BCUT2D eigenvalue weighted by molar-refractivity contribution is 5.99. The van der Waals surface area contributed by atoms with E-state index in [-0.39, 0.29) is 11.8 Å². The molecule has 194 valence electrons. The minimum Gasteiger partial charge on any atom is -0.273 e. The molecule has 6 heteroatoms. The molecule has 2 amide bonds. The van der Waals surface area contributed by atoms with Crippen LogP contribution in [0.3, 0.4) is 0 Å². The first kappa shape index (κ1) is 29.0. The second kappa shape index (κ2) is 16.4. The number of carbonyl (C=O) groups excluding carboxylic acids is 2.